The van der Waals surface area contributed by atoms with E-state index in [1.54, 1.807) is 26.6 Å². The number of hydrogen-bond acceptors (Lipinski definition) is 6. The fourth-order valence-corrected chi connectivity index (χ4v) is 2.61. The van der Waals surface area contributed by atoms with E-state index in [1.165, 1.54) is 16.7 Å². The second-order valence-electron chi connectivity index (χ2n) is 6.52. The highest BCUT2D eigenvalue weighted by atomic mass is 16.6. The first-order chi connectivity index (χ1) is 13.8. The van der Waals surface area contributed by atoms with E-state index in [9.17, 15) is 0 Å². The number of rotatable bonds is 17. The van der Waals surface area contributed by atoms with Crippen molar-refractivity contribution in [2.75, 3.05) is 40.6 Å². The number of unbranched alkanes of at least 4 members (excludes halogenated alkanes) is 2. The first-order valence-electron chi connectivity index (χ1n) is 10.2. The van der Waals surface area contributed by atoms with Crippen molar-refractivity contribution >= 4 is 12.4 Å². The van der Waals surface area contributed by atoms with Gasteiger partial charge in [-0.05, 0) is 48.8 Å². The maximum Gasteiger partial charge on any atom is 0.121 e. The van der Waals surface area contributed by atoms with Gasteiger partial charge in [0.1, 0.15) is 13.2 Å². The van der Waals surface area contributed by atoms with Gasteiger partial charge < -0.3 is 19.1 Å². The van der Waals surface area contributed by atoms with Crippen molar-refractivity contribution in [3.05, 3.63) is 34.9 Å². The van der Waals surface area contributed by atoms with Crippen LogP contribution in [0.25, 0.3) is 0 Å². The van der Waals surface area contributed by atoms with Crippen LogP contribution in [-0.2, 0) is 38.4 Å². The summed E-state index contributed by atoms with van der Waals surface area (Å²) in [6, 6.07) is 6.70. The van der Waals surface area contributed by atoms with Crippen LogP contribution in [0.3, 0.4) is 0 Å². The van der Waals surface area contributed by atoms with Crippen molar-refractivity contribution in [2.24, 2.45) is 10.3 Å². The third kappa shape index (κ3) is 12.5. The summed E-state index contributed by atoms with van der Waals surface area (Å²) in [4.78, 5) is 10.7. The van der Waals surface area contributed by atoms with Gasteiger partial charge in [-0.25, -0.2) is 0 Å². The topological polar surface area (TPSA) is 61.6 Å². The van der Waals surface area contributed by atoms with Gasteiger partial charge in [0.25, 0.3) is 0 Å². The number of oxime groups is 2. The van der Waals surface area contributed by atoms with Crippen LogP contribution in [0.4, 0.5) is 0 Å². The molecule has 0 unspecified atom stereocenters. The average molecular weight is 393 g/mol. The highest BCUT2D eigenvalue weighted by Crippen LogP contribution is 2.13. The van der Waals surface area contributed by atoms with Gasteiger partial charge in [0, 0.05) is 52.7 Å². The molecule has 1 aromatic rings. The SMILES string of the molecule is CCc1cc(CCO/N=C\CCCOC)cc(CCO/N=C\CCCOC)c1. The standard InChI is InChI=1S/C22H36N2O4/c1-4-20-17-21(9-15-27-23-11-5-7-13-25-2)19-22(18-20)10-16-28-24-12-6-8-14-26-3/h11-12,17-19H,4-10,13-16H2,1-3H3/b23-11-,24-12-. The Bertz CT molecular complexity index is 517. The van der Waals surface area contributed by atoms with E-state index in [1.807, 2.05) is 0 Å². The number of benzene rings is 1. The molecule has 0 atom stereocenters. The Hall–Kier alpha value is -1.92. The van der Waals surface area contributed by atoms with Gasteiger partial charge in [0.15, 0.2) is 0 Å². The van der Waals surface area contributed by atoms with Gasteiger partial charge in [-0.2, -0.15) is 0 Å². The van der Waals surface area contributed by atoms with Gasteiger partial charge in [-0.1, -0.05) is 35.4 Å². The van der Waals surface area contributed by atoms with Crippen LogP contribution in [0, 0.1) is 0 Å². The zero-order chi connectivity index (χ0) is 20.3. The molecule has 0 amide bonds. The molecule has 1 aromatic carbocycles. The number of ether oxygens (including phenoxy) is 2. The molecule has 0 saturated carbocycles. The lowest BCUT2D eigenvalue weighted by Crippen LogP contribution is -2.00. The van der Waals surface area contributed by atoms with E-state index in [4.69, 9.17) is 19.1 Å². The third-order valence-electron chi connectivity index (χ3n) is 4.15. The molecule has 0 aliphatic carbocycles. The molecule has 28 heavy (non-hydrogen) atoms. The molecular formula is C22H36N2O4. The average Bonchev–Trinajstić information content (AvgIpc) is 2.71. The Kier molecular flexibility index (Phi) is 14.8. The van der Waals surface area contributed by atoms with Crippen LogP contribution >= 0.6 is 0 Å². The summed E-state index contributed by atoms with van der Waals surface area (Å²) in [6.45, 7) is 4.83. The predicted molar refractivity (Wildman–Crippen MR) is 114 cm³/mol. The molecule has 0 spiro atoms. The van der Waals surface area contributed by atoms with Crippen molar-refractivity contribution in [1.29, 1.82) is 0 Å². The fourth-order valence-electron chi connectivity index (χ4n) is 2.61. The van der Waals surface area contributed by atoms with Crippen LogP contribution in [0.5, 0.6) is 0 Å². The van der Waals surface area contributed by atoms with Gasteiger partial charge in [0.2, 0.25) is 0 Å². The molecule has 158 valence electrons. The lowest BCUT2D eigenvalue weighted by Gasteiger charge is -2.08. The molecular weight excluding hydrogens is 356 g/mol. The molecule has 0 saturated heterocycles. The van der Waals surface area contributed by atoms with E-state index in [-0.39, 0.29) is 0 Å². The zero-order valence-electron chi connectivity index (χ0n) is 17.7. The molecule has 0 radical (unpaired) electrons. The summed E-state index contributed by atoms with van der Waals surface area (Å²) in [5, 5.41) is 7.99. The van der Waals surface area contributed by atoms with E-state index < -0.39 is 0 Å². The first-order valence-corrected chi connectivity index (χ1v) is 10.2. The first kappa shape index (κ1) is 24.1. The Labute approximate surface area is 169 Å². The van der Waals surface area contributed by atoms with E-state index >= 15 is 0 Å². The molecule has 0 heterocycles. The van der Waals surface area contributed by atoms with Crippen molar-refractivity contribution < 1.29 is 19.1 Å². The summed E-state index contributed by atoms with van der Waals surface area (Å²) in [6.07, 6.45) is 9.98. The quantitative estimate of drug-likeness (QED) is 0.227. The maximum absolute atomic E-state index is 5.36. The van der Waals surface area contributed by atoms with Gasteiger partial charge in [-0.15, -0.1) is 0 Å². The molecule has 0 aliphatic heterocycles. The lowest BCUT2D eigenvalue weighted by atomic mass is 10.0. The van der Waals surface area contributed by atoms with Crippen molar-refractivity contribution in [2.45, 2.75) is 51.9 Å². The molecule has 0 aliphatic rings. The van der Waals surface area contributed by atoms with Crippen molar-refractivity contribution in [3.8, 4) is 0 Å². The smallest absolute Gasteiger partial charge is 0.121 e. The number of methoxy groups -OCH3 is 2. The van der Waals surface area contributed by atoms with Gasteiger partial charge in [-0.3, -0.25) is 0 Å². The molecule has 0 fully saturated rings. The molecule has 0 N–H and O–H groups in total. The van der Waals surface area contributed by atoms with Crippen LogP contribution in [0.1, 0.15) is 49.3 Å². The zero-order valence-corrected chi connectivity index (χ0v) is 17.7. The molecule has 6 heteroatoms. The van der Waals surface area contributed by atoms with E-state index in [0.717, 1.165) is 58.2 Å². The number of aryl methyl sites for hydroxylation is 1. The van der Waals surface area contributed by atoms with E-state index in [0.29, 0.717) is 13.2 Å². The molecule has 0 bridgehead atoms. The predicted octanol–water partition coefficient (Wildman–Crippen LogP) is 4.19. The highest BCUT2D eigenvalue weighted by Gasteiger charge is 2.02. The summed E-state index contributed by atoms with van der Waals surface area (Å²) in [5.41, 5.74) is 3.87. The minimum absolute atomic E-state index is 0.579. The minimum atomic E-state index is 0.579. The summed E-state index contributed by atoms with van der Waals surface area (Å²) >= 11 is 0. The molecule has 6 nitrogen and oxygen atoms in total. The van der Waals surface area contributed by atoms with Gasteiger partial charge >= 0.3 is 0 Å². The van der Waals surface area contributed by atoms with Crippen LogP contribution < -0.4 is 0 Å². The summed E-state index contributed by atoms with van der Waals surface area (Å²) in [7, 11) is 3.41. The van der Waals surface area contributed by atoms with Gasteiger partial charge in [0.05, 0.1) is 0 Å². The number of nitrogens with zero attached hydrogens (tertiary/aromatic N) is 2. The highest BCUT2D eigenvalue weighted by molar-refractivity contribution is 5.56. The second-order valence-corrected chi connectivity index (χ2v) is 6.52. The molecule has 1 rings (SSSR count). The van der Waals surface area contributed by atoms with Crippen molar-refractivity contribution in [3.63, 3.8) is 0 Å². The summed E-state index contributed by atoms with van der Waals surface area (Å²) < 4.78 is 10.00. The van der Waals surface area contributed by atoms with Crippen molar-refractivity contribution in [1.82, 2.24) is 0 Å². The van der Waals surface area contributed by atoms with Crippen LogP contribution in [0.2, 0.25) is 0 Å². The minimum Gasteiger partial charge on any atom is -0.396 e. The lowest BCUT2D eigenvalue weighted by molar-refractivity contribution is 0.147. The van der Waals surface area contributed by atoms with Crippen LogP contribution in [-0.4, -0.2) is 53.1 Å². The fraction of sp³-hybridized carbons (Fsp3) is 0.636. The maximum atomic E-state index is 5.36. The Balaban J connectivity index is 2.33. The third-order valence-corrected chi connectivity index (χ3v) is 4.15. The van der Waals surface area contributed by atoms with Crippen LogP contribution in [0.15, 0.2) is 28.5 Å². The Morgan fingerprint density at radius 1 is 0.714 bits per heavy atom. The number of hydrogen-bond donors (Lipinski definition) is 0. The Morgan fingerprint density at radius 3 is 1.61 bits per heavy atom. The summed E-state index contributed by atoms with van der Waals surface area (Å²) in [5.74, 6) is 0. The largest absolute Gasteiger partial charge is 0.396 e. The van der Waals surface area contributed by atoms with E-state index in [2.05, 4.69) is 35.4 Å². The monoisotopic (exact) mass is 392 g/mol. The Morgan fingerprint density at radius 2 is 1.18 bits per heavy atom. The second kappa shape index (κ2) is 17.2. The normalized spacial score (nSPS) is 11.5. The molecule has 0 aromatic heterocycles.